The zero-order chi connectivity index (χ0) is 11.8. The van der Waals surface area contributed by atoms with Crippen LogP contribution < -0.4 is 0 Å². The van der Waals surface area contributed by atoms with Gasteiger partial charge in [-0.25, -0.2) is 9.37 Å². The molecule has 2 aromatic carbocycles. The Kier molecular flexibility index (Phi) is 2.34. The van der Waals surface area contributed by atoms with Gasteiger partial charge < -0.3 is 0 Å². The third-order valence-corrected chi connectivity index (χ3v) is 2.86. The van der Waals surface area contributed by atoms with Crippen molar-refractivity contribution in [2.45, 2.75) is 0 Å². The van der Waals surface area contributed by atoms with Gasteiger partial charge in [-0.3, -0.25) is 4.57 Å². The minimum atomic E-state index is -0.362. The van der Waals surface area contributed by atoms with Gasteiger partial charge in [-0.2, -0.15) is 0 Å². The van der Waals surface area contributed by atoms with Crippen molar-refractivity contribution in [1.82, 2.24) is 9.55 Å². The summed E-state index contributed by atoms with van der Waals surface area (Å²) in [5.41, 5.74) is 1.83. The second-order valence-electron chi connectivity index (χ2n) is 3.66. The average molecular weight is 247 g/mol. The molecule has 0 aliphatic heterocycles. The third-order valence-electron chi connectivity index (χ3n) is 2.61. The maximum absolute atomic E-state index is 13.6. The van der Waals surface area contributed by atoms with Gasteiger partial charge in [-0.1, -0.05) is 24.3 Å². The number of para-hydroxylation sites is 2. The van der Waals surface area contributed by atoms with Crippen molar-refractivity contribution in [3.63, 3.8) is 0 Å². The van der Waals surface area contributed by atoms with Gasteiger partial charge in [-0.05, 0) is 35.9 Å². The van der Waals surface area contributed by atoms with E-state index in [1.807, 2.05) is 30.3 Å². The van der Waals surface area contributed by atoms with Crippen molar-refractivity contribution >= 4 is 22.6 Å². The molecule has 0 saturated heterocycles. The topological polar surface area (TPSA) is 17.8 Å². The Morgan fingerprint density at radius 3 is 2.53 bits per heavy atom. The molecule has 0 saturated carbocycles. The second-order valence-corrected chi connectivity index (χ2v) is 4.00. The van der Waals surface area contributed by atoms with Crippen LogP contribution in [-0.2, 0) is 0 Å². The van der Waals surface area contributed by atoms with Crippen LogP contribution in [0.4, 0.5) is 4.39 Å². The zero-order valence-electron chi connectivity index (χ0n) is 8.77. The molecule has 17 heavy (non-hydrogen) atoms. The van der Waals surface area contributed by atoms with Crippen LogP contribution in [0.3, 0.4) is 0 Å². The lowest BCUT2D eigenvalue weighted by molar-refractivity contribution is 0.637. The predicted octanol–water partition coefficient (Wildman–Crippen LogP) is 3.82. The van der Waals surface area contributed by atoms with Crippen molar-refractivity contribution < 1.29 is 4.39 Å². The minimum absolute atomic E-state index is 0.260. The van der Waals surface area contributed by atoms with Crippen LogP contribution in [0, 0.1) is 5.82 Å². The maximum Gasteiger partial charge on any atom is 0.208 e. The van der Waals surface area contributed by atoms with E-state index in [1.165, 1.54) is 6.07 Å². The molecule has 0 N–H and O–H groups in total. The van der Waals surface area contributed by atoms with Crippen LogP contribution in [0.1, 0.15) is 0 Å². The monoisotopic (exact) mass is 246 g/mol. The number of nitrogens with zero attached hydrogens (tertiary/aromatic N) is 2. The van der Waals surface area contributed by atoms with Crippen LogP contribution in [0.15, 0.2) is 48.5 Å². The summed E-state index contributed by atoms with van der Waals surface area (Å²) in [5, 5.41) is 0.260. The van der Waals surface area contributed by atoms with Gasteiger partial charge in [-0.15, -0.1) is 0 Å². The molecule has 3 aromatic rings. The summed E-state index contributed by atoms with van der Waals surface area (Å²) in [6.07, 6.45) is 0. The highest BCUT2D eigenvalue weighted by Gasteiger charge is 2.12. The normalized spacial score (nSPS) is 10.9. The molecule has 4 heteroatoms. The summed E-state index contributed by atoms with van der Waals surface area (Å²) < 4.78 is 15.3. The molecule has 0 aliphatic rings. The fraction of sp³-hybridized carbons (Fsp3) is 0. The van der Waals surface area contributed by atoms with Crippen molar-refractivity contribution in [3.8, 4) is 5.69 Å². The Balaban J connectivity index is 2.37. The minimum Gasteiger partial charge on any atom is -0.283 e. The van der Waals surface area contributed by atoms with E-state index in [9.17, 15) is 4.39 Å². The van der Waals surface area contributed by atoms with Gasteiger partial charge in [0.2, 0.25) is 5.28 Å². The smallest absolute Gasteiger partial charge is 0.208 e. The summed E-state index contributed by atoms with van der Waals surface area (Å²) in [5.74, 6) is -0.362. The van der Waals surface area contributed by atoms with Gasteiger partial charge >= 0.3 is 0 Å². The highest BCUT2D eigenvalue weighted by atomic mass is 35.5. The molecule has 1 aromatic heterocycles. The molecule has 0 aliphatic carbocycles. The van der Waals surface area contributed by atoms with Crippen molar-refractivity contribution in [1.29, 1.82) is 0 Å². The summed E-state index contributed by atoms with van der Waals surface area (Å²) in [4.78, 5) is 4.04. The standard InChI is InChI=1S/C13H8ClFN2/c14-13-16-12-10(15)7-4-8-11(12)17(13)9-5-2-1-3-6-9/h1-8H. The fourth-order valence-corrected chi connectivity index (χ4v) is 2.13. The van der Waals surface area contributed by atoms with E-state index in [0.29, 0.717) is 11.0 Å². The Bertz CT molecular complexity index is 676. The number of hydrogen-bond donors (Lipinski definition) is 0. The molecular weight excluding hydrogens is 239 g/mol. The average Bonchev–Trinajstić information content (AvgIpc) is 2.68. The summed E-state index contributed by atoms with van der Waals surface area (Å²) >= 11 is 6.06. The Hall–Kier alpha value is -1.87. The van der Waals surface area contributed by atoms with E-state index in [0.717, 1.165) is 5.69 Å². The Labute approximate surface area is 102 Å². The number of halogens is 2. The first-order valence-corrected chi connectivity index (χ1v) is 5.53. The van der Waals surface area contributed by atoms with Crippen molar-refractivity contribution in [3.05, 3.63) is 59.6 Å². The maximum atomic E-state index is 13.6. The lowest BCUT2D eigenvalue weighted by atomic mass is 10.3. The quantitative estimate of drug-likeness (QED) is 0.638. The van der Waals surface area contributed by atoms with Crippen molar-refractivity contribution in [2.75, 3.05) is 0 Å². The molecule has 0 bridgehead atoms. The van der Waals surface area contributed by atoms with Crippen LogP contribution in [0.25, 0.3) is 16.7 Å². The lowest BCUT2D eigenvalue weighted by Crippen LogP contribution is -1.93. The van der Waals surface area contributed by atoms with E-state index >= 15 is 0 Å². The van der Waals surface area contributed by atoms with Crippen LogP contribution in [0.2, 0.25) is 5.28 Å². The zero-order valence-corrected chi connectivity index (χ0v) is 9.53. The lowest BCUT2D eigenvalue weighted by Gasteiger charge is -2.04. The molecule has 0 unspecified atom stereocenters. The number of rotatable bonds is 1. The number of aromatic nitrogens is 2. The molecule has 0 spiro atoms. The summed E-state index contributed by atoms with van der Waals surface area (Å²) in [6, 6.07) is 14.3. The number of hydrogen-bond acceptors (Lipinski definition) is 1. The van der Waals surface area contributed by atoms with Gasteiger partial charge in [0, 0.05) is 5.69 Å². The molecule has 2 nitrogen and oxygen atoms in total. The second kappa shape index (κ2) is 3.86. The van der Waals surface area contributed by atoms with Gasteiger partial charge in [0.25, 0.3) is 0 Å². The van der Waals surface area contributed by atoms with E-state index < -0.39 is 0 Å². The van der Waals surface area contributed by atoms with E-state index in [4.69, 9.17) is 11.6 Å². The largest absolute Gasteiger partial charge is 0.283 e. The highest BCUT2D eigenvalue weighted by Crippen LogP contribution is 2.25. The molecule has 84 valence electrons. The van der Waals surface area contributed by atoms with E-state index in [1.54, 1.807) is 16.7 Å². The third kappa shape index (κ3) is 1.59. The Morgan fingerprint density at radius 2 is 1.76 bits per heavy atom. The number of fused-ring (bicyclic) bond motifs is 1. The summed E-state index contributed by atoms with van der Waals surface area (Å²) in [7, 11) is 0. The van der Waals surface area contributed by atoms with Gasteiger partial charge in [0.1, 0.15) is 5.52 Å². The molecular formula is C13H8ClFN2. The van der Waals surface area contributed by atoms with Crippen LogP contribution in [-0.4, -0.2) is 9.55 Å². The molecule has 0 fully saturated rings. The fourth-order valence-electron chi connectivity index (χ4n) is 1.86. The van der Waals surface area contributed by atoms with E-state index in [2.05, 4.69) is 4.98 Å². The van der Waals surface area contributed by atoms with E-state index in [-0.39, 0.29) is 11.1 Å². The molecule has 0 radical (unpaired) electrons. The molecule has 0 atom stereocenters. The van der Waals surface area contributed by atoms with Gasteiger partial charge in [0.05, 0.1) is 5.52 Å². The number of imidazole rings is 1. The van der Waals surface area contributed by atoms with Crippen LogP contribution >= 0.6 is 11.6 Å². The molecule has 1 heterocycles. The van der Waals surface area contributed by atoms with Crippen molar-refractivity contribution in [2.24, 2.45) is 0 Å². The highest BCUT2D eigenvalue weighted by molar-refractivity contribution is 6.29. The molecule has 0 amide bonds. The molecule has 3 rings (SSSR count). The van der Waals surface area contributed by atoms with Gasteiger partial charge in [0.15, 0.2) is 5.82 Å². The predicted molar refractivity (Wildman–Crippen MR) is 66.0 cm³/mol. The first kappa shape index (κ1) is 10.3. The van der Waals surface area contributed by atoms with Crippen LogP contribution in [0.5, 0.6) is 0 Å². The first-order valence-electron chi connectivity index (χ1n) is 5.15. The first-order chi connectivity index (χ1) is 8.27. The Morgan fingerprint density at radius 1 is 1.00 bits per heavy atom. The number of benzene rings is 2. The summed E-state index contributed by atoms with van der Waals surface area (Å²) in [6.45, 7) is 0. The SMILES string of the molecule is Fc1cccc2c1nc(Cl)n2-c1ccccc1.